The molecule has 0 fully saturated rings. The first-order valence-corrected chi connectivity index (χ1v) is 8.79. The molecule has 3 rings (SSSR count). The van der Waals surface area contributed by atoms with E-state index in [0.29, 0.717) is 16.5 Å². The van der Waals surface area contributed by atoms with Crippen molar-refractivity contribution in [2.75, 3.05) is 5.32 Å². The summed E-state index contributed by atoms with van der Waals surface area (Å²) in [6.45, 7) is 2.17. The van der Waals surface area contributed by atoms with Crippen LogP contribution in [0.15, 0.2) is 30.7 Å². The molecule has 3 aromatic rings. The summed E-state index contributed by atoms with van der Waals surface area (Å²) >= 11 is 1.43. The molecule has 7 nitrogen and oxygen atoms in total. The zero-order valence-electron chi connectivity index (χ0n) is 13.8. The summed E-state index contributed by atoms with van der Waals surface area (Å²) in [7, 11) is 1.81. The quantitative estimate of drug-likeness (QED) is 0.668. The maximum Gasteiger partial charge on any atom is 0.262 e. The number of carbonyl (C=O) groups excluding carboxylic acids is 1. The number of aryl methyl sites for hydroxylation is 2. The Hall–Kier alpha value is -2.48. The number of carbonyl (C=O) groups is 1. The molecule has 1 N–H and O–H groups in total. The van der Waals surface area contributed by atoms with Crippen LogP contribution in [-0.2, 0) is 13.5 Å². The maximum atomic E-state index is 12.6. The molecule has 0 radical (unpaired) electrons. The summed E-state index contributed by atoms with van der Waals surface area (Å²) in [6.07, 6.45) is 9.67. The van der Waals surface area contributed by atoms with Crippen molar-refractivity contribution in [3.63, 3.8) is 0 Å². The second-order valence-electron chi connectivity index (χ2n) is 5.51. The molecule has 0 atom stereocenters. The number of hydrogen-bond acceptors (Lipinski definition) is 5. The van der Waals surface area contributed by atoms with Crippen molar-refractivity contribution in [2.24, 2.45) is 7.05 Å². The lowest BCUT2D eigenvalue weighted by atomic mass is 10.2. The van der Waals surface area contributed by atoms with Crippen molar-refractivity contribution in [1.29, 1.82) is 0 Å². The minimum atomic E-state index is -0.233. The fraction of sp³-hybridized carbons (Fsp3) is 0.375. The summed E-state index contributed by atoms with van der Waals surface area (Å²) in [4.78, 5) is 12.6. The first-order chi connectivity index (χ1) is 11.7. The number of unbranched alkanes of at least 4 members (excludes halogenated alkanes) is 2. The number of nitrogens with one attached hydrogen (secondary N) is 1. The van der Waals surface area contributed by atoms with Gasteiger partial charge in [0, 0.05) is 25.9 Å². The summed E-state index contributed by atoms with van der Waals surface area (Å²) in [5.74, 6) is 0.480. The van der Waals surface area contributed by atoms with Gasteiger partial charge in [-0.15, -0.1) is 10.2 Å². The molecule has 0 aliphatic carbocycles. The van der Waals surface area contributed by atoms with Gasteiger partial charge in [-0.1, -0.05) is 31.1 Å². The number of rotatable bonds is 7. The van der Waals surface area contributed by atoms with Gasteiger partial charge in [0.1, 0.15) is 16.4 Å². The smallest absolute Gasteiger partial charge is 0.262 e. The van der Waals surface area contributed by atoms with Crippen molar-refractivity contribution in [2.45, 2.75) is 32.6 Å². The van der Waals surface area contributed by atoms with Crippen molar-refractivity contribution in [1.82, 2.24) is 24.5 Å². The Morgan fingerprint density at radius 3 is 2.79 bits per heavy atom. The molecule has 126 valence electrons. The average molecular weight is 344 g/mol. The standard InChI is InChI=1S/C16H20N6OS/c1-3-4-5-8-13-19-20-16(24-13)18-14(23)12-11-17-21(2)15(12)22-9-6-7-10-22/h6-7,9-11H,3-5,8H2,1-2H3,(H,18,20,23). The zero-order chi connectivity index (χ0) is 16.9. The lowest BCUT2D eigenvalue weighted by molar-refractivity contribution is 0.102. The van der Waals surface area contributed by atoms with E-state index in [1.165, 1.54) is 24.2 Å². The van der Waals surface area contributed by atoms with Crippen LogP contribution in [0, 0.1) is 0 Å². The fourth-order valence-electron chi connectivity index (χ4n) is 2.47. The normalized spacial score (nSPS) is 10.9. The topological polar surface area (TPSA) is 77.6 Å². The van der Waals surface area contributed by atoms with E-state index in [4.69, 9.17) is 0 Å². The Morgan fingerprint density at radius 2 is 2.04 bits per heavy atom. The second kappa shape index (κ2) is 7.39. The third kappa shape index (κ3) is 3.53. The molecule has 3 heterocycles. The van der Waals surface area contributed by atoms with Gasteiger partial charge in [-0.25, -0.2) is 0 Å². The number of nitrogens with zero attached hydrogens (tertiary/aromatic N) is 5. The van der Waals surface area contributed by atoms with Crippen LogP contribution < -0.4 is 5.32 Å². The van der Waals surface area contributed by atoms with E-state index in [2.05, 4.69) is 27.5 Å². The van der Waals surface area contributed by atoms with Gasteiger partial charge in [0.25, 0.3) is 5.91 Å². The number of anilines is 1. The van der Waals surface area contributed by atoms with Crippen molar-refractivity contribution >= 4 is 22.4 Å². The molecule has 3 aromatic heterocycles. The Kier molecular flexibility index (Phi) is 5.05. The molecular formula is C16H20N6OS. The average Bonchev–Trinajstić information content (AvgIpc) is 3.28. The molecule has 24 heavy (non-hydrogen) atoms. The molecule has 0 bridgehead atoms. The van der Waals surface area contributed by atoms with E-state index in [1.807, 2.05) is 36.1 Å². The van der Waals surface area contributed by atoms with Gasteiger partial charge in [0.05, 0.1) is 6.20 Å². The van der Waals surface area contributed by atoms with E-state index in [-0.39, 0.29) is 5.91 Å². The van der Waals surface area contributed by atoms with Crippen LogP contribution in [0.5, 0.6) is 0 Å². The molecule has 8 heteroatoms. The van der Waals surface area contributed by atoms with Gasteiger partial charge in [0.2, 0.25) is 5.13 Å². The third-order valence-corrected chi connectivity index (χ3v) is 4.58. The first-order valence-electron chi connectivity index (χ1n) is 7.98. The van der Waals surface area contributed by atoms with Crippen LogP contribution >= 0.6 is 11.3 Å². The second-order valence-corrected chi connectivity index (χ2v) is 6.57. The molecule has 0 aromatic carbocycles. The monoisotopic (exact) mass is 344 g/mol. The van der Waals surface area contributed by atoms with E-state index in [0.717, 1.165) is 17.8 Å². The van der Waals surface area contributed by atoms with Crippen LogP contribution in [0.1, 0.15) is 41.6 Å². The van der Waals surface area contributed by atoms with Crippen LogP contribution in [0.25, 0.3) is 5.82 Å². The third-order valence-electron chi connectivity index (χ3n) is 3.68. The molecule has 1 amide bonds. The predicted octanol–water partition coefficient (Wildman–Crippen LogP) is 3.05. The maximum absolute atomic E-state index is 12.6. The van der Waals surface area contributed by atoms with E-state index in [9.17, 15) is 4.79 Å². The Bertz CT molecular complexity index is 805. The molecule has 0 saturated heterocycles. The minimum absolute atomic E-state index is 0.233. The van der Waals surface area contributed by atoms with Crippen LogP contribution in [-0.4, -0.2) is 30.5 Å². The predicted molar refractivity (Wildman–Crippen MR) is 93.6 cm³/mol. The Morgan fingerprint density at radius 1 is 1.25 bits per heavy atom. The molecule has 0 saturated carbocycles. The molecular weight excluding hydrogens is 324 g/mol. The van der Waals surface area contributed by atoms with Gasteiger partial charge in [-0.05, 0) is 18.6 Å². The highest BCUT2D eigenvalue weighted by Gasteiger charge is 2.18. The van der Waals surface area contributed by atoms with E-state index >= 15 is 0 Å². The lowest BCUT2D eigenvalue weighted by Gasteiger charge is -2.06. The van der Waals surface area contributed by atoms with Crippen LogP contribution in [0.2, 0.25) is 0 Å². The zero-order valence-corrected chi connectivity index (χ0v) is 14.6. The summed E-state index contributed by atoms with van der Waals surface area (Å²) in [5, 5.41) is 16.7. The summed E-state index contributed by atoms with van der Waals surface area (Å²) in [5.41, 5.74) is 0.497. The SMILES string of the molecule is CCCCCc1nnc(NC(=O)c2cnn(C)c2-n2cccc2)s1. The number of hydrogen-bond donors (Lipinski definition) is 1. The van der Waals surface area contributed by atoms with Gasteiger partial charge in [-0.2, -0.15) is 5.10 Å². The van der Waals surface area contributed by atoms with Crippen LogP contribution in [0.3, 0.4) is 0 Å². The largest absolute Gasteiger partial charge is 0.308 e. The fourth-order valence-corrected chi connectivity index (χ4v) is 3.25. The van der Waals surface area contributed by atoms with Crippen molar-refractivity contribution in [3.8, 4) is 5.82 Å². The van der Waals surface area contributed by atoms with Gasteiger partial charge in [0.15, 0.2) is 0 Å². The minimum Gasteiger partial charge on any atom is -0.308 e. The molecule has 0 unspecified atom stereocenters. The van der Waals surface area contributed by atoms with E-state index < -0.39 is 0 Å². The highest BCUT2D eigenvalue weighted by molar-refractivity contribution is 7.15. The van der Waals surface area contributed by atoms with E-state index in [1.54, 1.807) is 10.9 Å². The van der Waals surface area contributed by atoms with Crippen molar-refractivity contribution in [3.05, 3.63) is 41.3 Å². The van der Waals surface area contributed by atoms with Gasteiger partial charge < -0.3 is 4.57 Å². The molecule has 0 aliphatic rings. The summed E-state index contributed by atoms with van der Waals surface area (Å²) in [6, 6.07) is 3.81. The van der Waals surface area contributed by atoms with Gasteiger partial charge in [-0.3, -0.25) is 14.8 Å². The Labute approximate surface area is 144 Å². The molecule has 0 spiro atoms. The number of aromatic nitrogens is 5. The van der Waals surface area contributed by atoms with Crippen LogP contribution in [0.4, 0.5) is 5.13 Å². The Balaban J connectivity index is 1.72. The highest BCUT2D eigenvalue weighted by Crippen LogP contribution is 2.20. The van der Waals surface area contributed by atoms with Gasteiger partial charge >= 0.3 is 0 Å². The molecule has 0 aliphatic heterocycles. The first kappa shape index (κ1) is 16.4. The lowest BCUT2D eigenvalue weighted by Crippen LogP contribution is -2.14. The van der Waals surface area contributed by atoms with Crippen molar-refractivity contribution < 1.29 is 4.79 Å². The summed E-state index contributed by atoms with van der Waals surface area (Å²) < 4.78 is 3.53. The number of amides is 1. The highest BCUT2D eigenvalue weighted by atomic mass is 32.1.